The van der Waals surface area contributed by atoms with Crippen LogP contribution in [0.4, 0.5) is 0 Å². The first-order valence-corrected chi connectivity index (χ1v) is 4.59. The standard InChI is InChI=1S/C10H20O3/c1-7(2)9(12)10(4,5)6-13-8(3)11/h7,9,12H,6H2,1-5H3. The van der Waals surface area contributed by atoms with E-state index in [-0.39, 0.29) is 23.9 Å². The van der Waals surface area contributed by atoms with Gasteiger partial charge in [-0.15, -0.1) is 0 Å². The van der Waals surface area contributed by atoms with Crippen molar-refractivity contribution >= 4 is 5.97 Å². The number of ether oxygens (including phenoxy) is 1. The molecule has 0 aromatic heterocycles. The largest absolute Gasteiger partial charge is 0.465 e. The van der Waals surface area contributed by atoms with E-state index in [9.17, 15) is 9.90 Å². The van der Waals surface area contributed by atoms with Crippen LogP contribution < -0.4 is 0 Å². The van der Waals surface area contributed by atoms with Crippen molar-refractivity contribution in [2.45, 2.75) is 40.7 Å². The van der Waals surface area contributed by atoms with E-state index in [2.05, 4.69) is 0 Å². The Balaban J connectivity index is 4.13. The highest BCUT2D eigenvalue weighted by molar-refractivity contribution is 5.65. The topological polar surface area (TPSA) is 46.5 Å². The van der Waals surface area contributed by atoms with Crippen LogP contribution in [-0.2, 0) is 9.53 Å². The molecule has 0 radical (unpaired) electrons. The van der Waals surface area contributed by atoms with Gasteiger partial charge < -0.3 is 9.84 Å². The van der Waals surface area contributed by atoms with Crippen molar-refractivity contribution in [3.63, 3.8) is 0 Å². The molecule has 0 heterocycles. The molecule has 78 valence electrons. The maximum atomic E-state index is 10.6. The molecule has 0 spiro atoms. The van der Waals surface area contributed by atoms with Gasteiger partial charge in [0.25, 0.3) is 0 Å². The third-order valence-corrected chi connectivity index (χ3v) is 2.08. The number of hydrogen-bond acceptors (Lipinski definition) is 3. The Hall–Kier alpha value is -0.570. The molecular formula is C10H20O3. The van der Waals surface area contributed by atoms with Gasteiger partial charge >= 0.3 is 5.97 Å². The van der Waals surface area contributed by atoms with E-state index in [4.69, 9.17) is 4.74 Å². The van der Waals surface area contributed by atoms with Crippen molar-refractivity contribution in [1.82, 2.24) is 0 Å². The molecule has 0 bridgehead atoms. The molecule has 0 aliphatic heterocycles. The summed E-state index contributed by atoms with van der Waals surface area (Å²) in [6, 6.07) is 0. The van der Waals surface area contributed by atoms with Crippen molar-refractivity contribution in [3.8, 4) is 0 Å². The summed E-state index contributed by atoms with van der Waals surface area (Å²) in [4.78, 5) is 10.6. The van der Waals surface area contributed by atoms with Gasteiger partial charge in [-0.25, -0.2) is 0 Å². The summed E-state index contributed by atoms with van der Waals surface area (Å²) < 4.78 is 4.88. The van der Waals surface area contributed by atoms with Gasteiger partial charge in [-0.05, 0) is 5.92 Å². The summed E-state index contributed by atoms with van der Waals surface area (Å²) in [6.07, 6.45) is -0.452. The zero-order valence-corrected chi connectivity index (χ0v) is 9.13. The predicted molar refractivity (Wildman–Crippen MR) is 51.3 cm³/mol. The number of esters is 1. The minimum Gasteiger partial charge on any atom is -0.465 e. The van der Waals surface area contributed by atoms with Gasteiger partial charge in [0.15, 0.2) is 0 Å². The third kappa shape index (κ3) is 4.27. The fraction of sp³-hybridized carbons (Fsp3) is 0.900. The molecule has 1 N–H and O–H groups in total. The second-order valence-corrected chi connectivity index (χ2v) is 4.46. The fourth-order valence-corrected chi connectivity index (χ4v) is 1.28. The molecule has 1 unspecified atom stereocenters. The van der Waals surface area contributed by atoms with Gasteiger partial charge in [-0.3, -0.25) is 4.79 Å². The van der Waals surface area contributed by atoms with Crippen LogP contribution in [0.5, 0.6) is 0 Å². The van der Waals surface area contributed by atoms with Crippen LogP contribution in [0, 0.1) is 11.3 Å². The minimum absolute atomic E-state index is 0.172. The van der Waals surface area contributed by atoms with E-state index in [0.29, 0.717) is 0 Å². The molecule has 0 aromatic rings. The predicted octanol–water partition coefficient (Wildman–Crippen LogP) is 1.59. The van der Waals surface area contributed by atoms with Gasteiger partial charge in [0.1, 0.15) is 0 Å². The molecule has 0 rings (SSSR count). The van der Waals surface area contributed by atoms with E-state index < -0.39 is 6.10 Å². The Labute approximate surface area is 80.1 Å². The molecule has 0 saturated heterocycles. The lowest BCUT2D eigenvalue weighted by atomic mass is 9.81. The number of aliphatic hydroxyl groups excluding tert-OH is 1. The molecule has 3 heteroatoms. The lowest BCUT2D eigenvalue weighted by molar-refractivity contribution is -0.147. The van der Waals surface area contributed by atoms with E-state index in [1.165, 1.54) is 6.92 Å². The molecule has 13 heavy (non-hydrogen) atoms. The summed E-state index contributed by atoms with van der Waals surface area (Å²) in [5.74, 6) is -0.130. The van der Waals surface area contributed by atoms with Crippen molar-refractivity contribution < 1.29 is 14.6 Å². The molecule has 0 fully saturated rings. The summed E-state index contributed by atoms with van der Waals surface area (Å²) in [5.41, 5.74) is -0.375. The van der Waals surface area contributed by atoms with Crippen molar-refractivity contribution in [3.05, 3.63) is 0 Å². The Morgan fingerprint density at radius 1 is 1.46 bits per heavy atom. The summed E-state index contributed by atoms with van der Waals surface area (Å²) in [7, 11) is 0. The fourth-order valence-electron chi connectivity index (χ4n) is 1.28. The maximum Gasteiger partial charge on any atom is 0.302 e. The number of carbonyl (C=O) groups is 1. The zero-order chi connectivity index (χ0) is 10.6. The van der Waals surface area contributed by atoms with Gasteiger partial charge in [-0.1, -0.05) is 27.7 Å². The molecule has 0 saturated carbocycles. The SMILES string of the molecule is CC(=O)OCC(C)(C)C(O)C(C)C. The molecule has 0 amide bonds. The first kappa shape index (κ1) is 12.4. The third-order valence-electron chi connectivity index (χ3n) is 2.08. The van der Waals surface area contributed by atoms with E-state index >= 15 is 0 Å². The van der Waals surface area contributed by atoms with Crippen molar-refractivity contribution in [1.29, 1.82) is 0 Å². The number of hydrogen-bond donors (Lipinski definition) is 1. The van der Waals surface area contributed by atoms with Crippen LogP contribution in [0.2, 0.25) is 0 Å². The Morgan fingerprint density at radius 3 is 2.23 bits per heavy atom. The van der Waals surface area contributed by atoms with Crippen LogP contribution >= 0.6 is 0 Å². The molecular weight excluding hydrogens is 168 g/mol. The molecule has 0 aromatic carbocycles. The Morgan fingerprint density at radius 2 is 1.92 bits per heavy atom. The summed E-state index contributed by atoms with van der Waals surface area (Å²) in [5, 5.41) is 9.78. The highest BCUT2D eigenvalue weighted by atomic mass is 16.5. The smallest absolute Gasteiger partial charge is 0.302 e. The average molecular weight is 188 g/mol. The van der Waals surface area contributed by atoms with E-state index in [1.807, 2.05) is 27.7 Å². The first-order valence-electron chi connectivity index (χ1n) is 4.59. The van der Waals surface area contributed by atoms with Gasteiger partial charge in [0.05, 0.1) is 12.7 Å². The quantitative estimate of drug-likeness (QED) is 0.681. The van der Waals surface area contributed by atoms with Crippen LogP contribution in [0.15, 0.2) is 0 Å². The summed E-state index contributed by atoms with van der Waals surface area (Å²) in [6.45, 7) is 9.31. The molecule has 1 atom stereocenters. The number of carbonyl (C=O) groups excluding carboxylic acids is 1. The van der Waals surface area contributed by atoms with Crippen LogP contribution in [0.25, 0.3) is 0 Å². The normalized spacial score (nSPS) is 14.4. The van der Waals surface area contributed by atoms with Crippen LogP contribution in [-0.4, -0.2) is 23.8 Å². The highest BCUT2D eigenvalue weighted by Gasteiger charge is 2.31. The Kier molecular flexibility index (Phi) is 4.40. The van der Waals surface area contributed by atoms with Crippen molar-refractivity contribution in [2.24, 2.45) is 11.3 Å². The molecule has 0 aliphatic carbocycles. The lowest BCUT2D eigenvalue weighted by Crippen LogP contribution is -2.38. The van der Waals surface area contributed by atoms with Gasteiger partial charge in [-0.2, -0.15) is 0 Å². The lowest BCUT2D eigenvalue weighted by Gasteiger charge is -2.32. The van der Waals surface area contributed by atoms with Crippen molar-refractivity contribution in [2.75, 3.05) is 6.61 Å². The monoisotopic (exact) mass is 188 g/mol. The minimum atomic E-state index is -0.452. The number of aliphatic hydroxyl groups is 1. The first-order chi connectivity index (χ1) is 5.77. The molecule has 0 aliphatic rings. The average Bonchev–Trinajstić information content (AvgIpc) is 1.99. The van der Waals surface area contributed by atoms with Gasteiger partial charge in [0.2, 0.25) is 0 Å². The second kappa shape index (κ2) is 4.61. The van der Waals surface area contributed by atoms with Crippen LogP contribution in [0.1, 0.15) is 34.6 Å². The van der Waals surface area contributed by atoms with E-state index in [1.54, 1.807) is 0 Å². The van der Waals surface area contributed by atoms with Gasteiger partial charge in [0, 0.05) is 12.3 Å². The molecule has 3 nitrogen and oxygen atoms in total. The number of rotatable bonds is 4. The zero-order valence-electron chi connectivity index (χ0n) is 9.13. The Bertz CT molecular complexity index is 173. The second-order valence-electron chi connectivity index (χ2n) is 4.46. The summed E-state index contributed by atoms with van der Waals surface area (Å²) >= 11 is 0. The highest BCUT2D eigenvalue weighted by Crippen LogP contribution is 2.26. The van der Waals surface area contributed by atoms with E-state index in [0.717, 1.165) is 0 Å². The van der Waals surface area contributed by atoms with Crippen LogP contribution in [0.3, 0.4) is 0 Å². The maximum absolute atomic E-state index is 10.6.